The summed E-state index contributed by atoms with van der Waals surface area (Å²) in [7, 11) is 0. The predicted molar refractivity (Wildman–Crippen MR) is 72.3 cm³/mol. The van der Waals surface area contributed by atoms with Crippen LogP contribution in [0.3, 0.4) is 0 Å². The van der Waals surface area contributed by atoms with Crippen LogP contribution < -0.4 is 5.32 Å². The van der Waals surface area contributed by atoms with E-state index in [9.17, 15) is 9.59 Å². The molecule has 0 spiro atoms. The van der Waals surface area contributed by atoms with Crippen LogP contribution in [0.25, 0.3) is 0 Å². The highest BCUT2D eigenvalue weighted by molar-refractivity contribution is 6.35. The molecule has 0 aliphatic heterocycles. The number of hydrogen-bond acceptors (Lipinski definition) is 2. The highest BCUT2D eigenvalue weighted by Crippen LogP contribution is 2.46. The molecule has 0 bridgehead atoms. The fourth-order valence-electron chi connectivity index (χ4n) is 1.93. The minimum Gasteiger partial charge on any atom is -0.480 e. The molecule has 1 aromatic rings. The number of carbonyl (C=O) groups is 2. The number of halogens is 2. The number of carboxylic acids is 1. The van der Waals surface area contributed by atoms with E-state index in [-0.39, 0.29) is 6.04 Å². The van der Waals surface area contributed by atoms with Gasteiger partial charge in [0.05, 0.1) is 6.04 Å². The zero-order valence-electron chi connectivity index (χ0n) is 10.2. The number of rotatable bonds is 4. The molecular weight excluding hydrogens is 289 g/mol. The van der Waals surface area contributed by atoms with Crippen molar-refractivity contribution in [2.24, 2.45) is 5.41 Å². The predicted octanol–water partition coefficient (Wildman–Crippen LogP) is 3.04. The standard InChI is InChI=1S/C13H13Cl2NO3/c1-7(9-3-2-8(14)6-10(9)15)16-11(17)13(4-5-13)12(18)19/h2-3,6-7H,4-5H2,1H3,(H,16,17)(H,18,19). The van der Waals surface area contributed by atoms with Crippen molar-refractivity contribution in [2.75, 3.05) is 0 Å². The minimum absolute atomic E-state index is 0.367. The number of carbonyl (C=O) groups excluding carboxylic acids is 1. The Labute approximate surface area is 120 Å². The summed E-state index contributed by atoms with van der Waals surface area (Å²) in [5.74, 6) is -1.53. The lowest BCUT2D eigenvalue weighted by molar-refractivity contribution is -0.149. The van der Waals surface area contributed by atoms with Gasteiger partial charge >= 0.3 is 5.97 Å². The molecule has 1 aliphatic rings. The maximum Gasteiger partial charge on any atom is 0.319 e. The van der Waals surface area contributed by atoms with Crippen LogP contribution in [0.1, 0.15) is 31.4 Å². The molecule has 1 unspecified atom stereocenters. The number of nitrogens with one attached hydrogen (secondary N) is 1. The van der Waals surface area contributed by atoms with Gasteiger partial charge in [-0.3, -0.25) is 9.59 Å². The van der Waals surface area contributed by atoms with Gasteiger partial charge < -0.3 is 10.4 Å². The molecule has 1 fully saturated rings. The number of amides is 1. The molecule has 0 heterocycles. The van der Waals surface area contributed by atoms with E-state index < -0.39 is 17.3 Å². The van der Waals surface area contributed by atoms with Crippen LogP contribution in [-0.2, 0) is 9.59 Å². The van der Waals surface area contributed by atoms with Gasteiger partial charge in [0.1, 0.15) is 5.41 Å². The Hall–Kier alpha value is -1.26. The van der Waals surface area contributed by atoms with Crippen LogP contribution in [0.15, 0.2) is 18.2 Å². The maximum atomic E-state index is 12.0. The van der Waals surface area contributed by atoms with Crippen molar-refractivity contribution in [3.05, 3.63) is 33.8 Å². The normalized spacial score (nSPS) is 17.6. The first-order chi connectivity index (χ1) is 8.86. The average molecular weight is 302 g/mol. The van der Waals surface area contributed by atoms with Crippen LogP contribution in [0.5, 0.6) is 0 Å². The van der Waals surface area contributed by atoms with Crippen LogP contribution in [0.4, 0.5) is 0 Å². The topological polar surface area (TPSA) is 66.4 Å². The molecule has 1 amide bonds. The quantitative estimate of drug-likeness (QED) is 0.840. The zero-order valence-corrected chi connectivity index (χ0v) is 11.8. The van der Waals surface area contributed by atoms with Crippen LogP contribution >= 0.6 is 23.2 Å². The average Bonchev–Trinajstić information content (AvgIpc) is 3.09. The molecule has 0 radical (unpaired) electrons. The zero-order chi connectivity index (χ0) is 14.2. The summed E-state index contributed by atoms with van der Waals surface area (Å²) in [6.07, 6.45) is 0.768. The Morgan fingerprint density at radius 3 is 2.47 bits per heavy atom. The largest absolute Gasteiger partial charge is 0.480 e. The van der Waals surface area contributed by atoms with Crippen molar-refractivity contribution in [2.45, 2.75) is 25.8 Å². The summed E-state index contributed by atoms with van der Waals surface area (Å²) in [6, 6.07) is 4.62. The molecule has 102 valence electrons. The van der Waals surface area contributed by atoms with Gasteiger partial charge in [-0.15, -0.1) is 0 Å². The summed E-state index contributed by atoms with van der Waals surface area (Å²) >= 11 is 11.9. The third kappa shape index (κ3) is 2.69. The number of carboxylic acid groups (broad SMARTS) is 1. The lowest BCUT2D eigenvalue weighted by Gasteiger charge is -2.18. The molecule has 1 aromatic carbocycles. The molecule has 2 N–H and O–H groups in total. The Bertz CT molecular complexity index is 541. The van der Waals surface area contributed by atoms with E-state index in [1.807, 2.05) is 0 Å². The maximum absolute atomic E-state index is 12.0. The van der Waals surface area contributed by atoms with E-state index >= 15 is 0 Å². The summed E-state index contributed by atoms with van der Waals surface area (Å²) in [5, 5.41) is 12.7. The Kier molecular flexibility index (Phi) is 3.74. The minimum atomic E-state index is -1.24. The second-order valence-corrected chi connectivity index (χ2v) is 5.59. The molecule has 1 atom stereocenters. The summed E-state index contributed by atoms with van der Waals surface area (Å²) < 4.78 is 0. The van der Waals surface area contributed by atoms with Gasteiger partial charge in [0.2, 0.25) is 5.91 Å². The number of hydrogen-bond donors (Lipinski definition) is 2. The summed E-state index contributed by atoms with van der Waals surface area (Å²) in [4.78, 5) is 23.0. The molecule has 1 saturated carbocycles. The van der Waals surface area contributed by atoms with Gasteiger partial charge in [0, 0.05) is 10.0 Å². The van der Waals surface area contributed by atoms with Gasteiger partial charge in [-0.05, 0) is 37.5 Å². The molecular formula is C13H13Cl2NO3. The Morgan fingerprint density at radius 2 is 2.00 bits per heavy atom. The van der Waals surface area contributed by atoms with E-state index in [4.69, 9.17) is 28.3 Å². The molecule has 0 aromatic heterocycles. The van der Waals surface area contributed by atoms with E-state index in [2.05, 4.69) is 5.32 Å². The van der Waals surface area contributed by atoms with Gasteiger partial charge in [0.25, 0.3) is 0 Å². The van der Waals surface area contributed by atoms with Gasteiger partial charge in [-0.2, -0.15) is 0 Å². The van der Waals surface area contributed by atoms with Crippen LogP contribution in [0.2, 0.25) is 10.0 Å². The van der Waals surface area contributed by atoms with Crippen molar-refractivity contribution in [3.8, 4) is 0 Å². The number of benzene rings is 1. The highest BCUT2D eigenvalue weighted by atomic mass is 35.5. The van der Waals surface area contributed by atoms with Gasteiger partial charge in [0.15, 0.2) is 0 Å². The molecule has 2 rings (SSSR count). The second-order valence-electron chi connectivity index (χ2n) is 4.75. The fourth-order valence-corrected chi connectivity index (χ4v) is 2.50. The van der Waals surface area contributed by atoms with Gasteiger partial charge in [-0.25, -0.2) is 0 Å². The van der Waals surface area contributed by atoms with Crippen LogP contribution in [-0.4, -0.2) is 17.0 Å². The highest BCUT2D eigenvalue weighted by Gasteiger charge is 2.57. The molecule has 1 aliphatic carbocycles. The van der Waals surface area contributed by atoms with Crippen molar-refractivity contribution in [1.82, 2.24) is 5.32 Å². The summed E-state index contributed by atoms with van der Waals surface area (Å²) in [6.45, 7) is 1.75. The Balaban J connectivity index is 2.11. The van der Waals surface area contributed by atoms with Crippen molar-refractivity contribution >= 4 is 35.1 Å². The van der Waals surface area contributed by atoms with E-state index in [0.717, 1.165) is 0 Å². The fraction of sp³-hybridized carbons (Fsp3) is 0.385. The number of aliphatic carboxylic acids is 1. The smallest absolute Gasteiger partial charge is 0.319 e. The monoisotopic (exact) mass is 301 g/mol. The van der Waals surface area contributed by atoms with Crippen molar-refractivity contribution in [1.29, 1.82) is 0 Å². The first-order valence-electron chi connectivity index (χ1n) is 5.86. The second kappa shape index (κ2) is 5.02. The lowest BCUT2D eigenvalue weighted by Crippen LogP contribution is -2.38. The van der Waals surface area contributed by atoms with Crippen LogP contribution in [0, 0.1) is 5.41 Å². The third-order valence-electron chi connectivity index (χ3n) is 3.37. The van der Waals surface area contributed by atoms with Gasteiger partial charge in [-0.1, -0.05) is 29.3 Å². The Morgan fingerprint density at radius 1 is 1.37 bits per heavy atom. The van der Waals surface area contributed by atoms with Crippen molar-refractivity contribution in [3.63, 3.8) is 0 Å². The first-order valence-corrected chi connectivity index (χ1v) is 6.62. The molecule has 6 heteroatoms. The molecule has 4 nitrogen and oxygen atoms in total. The van der Waals surface area contributed by atoms with E-state index in [1.165, 1.54) is 0 Å². The molecule has 19 heavy (non-hydrogen) atoms. The first kappa shape index (κ1) is 14.2. The SMILES string of the molecule is CC(NC(=O)C1(C(=O)O)CC1)c1ccc(Cl)cc1Cl. The van der Waals surface area contributed by atoms with E-state index in [0.29, 0.717) is 28.5 Å². The lowest BCUT2D eigenvalue weighted by atomic mass is 10.0. The third-order valence-corrected chi connectivity index (χ3v) is 3.93. The van der Waals surface area contributed by atoms with Crippen molar-refractivity contribution < 1.29 is 14.7 Å². The van der Waals surface area contributed by atoms with E-state index in [1.54, 1.807) is 25.1 Å². The molecule has 0 saturated heterocycles. The summed E-state index contributed by atoms with van der Waals surface area (Å²) in [5.41, 5.74) is -0.534.